The molecule has 2 rings (SSSR count). The Labute approximate surface area is 112 Å². The third-order valence-electron chi connectivity index (χ3n) is 3.44. The summed E-state index contributed by atoms with van der Waals surface area (Å²) in [6, 6.07) is 1.52. The van der Waals surface area contributed by atoms with Crippen LogP contribution in [-0.2, 0) is 9.47 Å². The molecule has 0 aromatic carbocycles. The zero-order valence-electron chi connectivity index (χ0n) is 11.8. The van der Waals surface area contributed by atoms with Crippen LogP contribution in [0, 0.1) is 0 Å². The number of hydrogen-bond acceptors (Lipinski definition) is 5. The van der Waals surface area contributed by atoms with Crippen molar-refractivity contribution in [3.05, 3.63) is 22.2 Å². The predicted molar refractivity (Wildman–Crippen MR) is 72.8 cm³/mol. The molecule has 1 aliphatic rings. The largest absolute Gasteiger partial charge is 0.377 e. The van der Waals surface area contributed by atoms with Crippen molar-refractivity contribution in [1.29, 1.82) is 0 Å². The van der Waals surface area contributed by atoms with Gasteiger partial charge in [-0.15, -0.1) is 0 Å². The molecule has 0 bridgehead atoms. The normalized spacial score (nSPS) is 23.3. The van der Waals surface area contributed by atoms with Crippen LogP contribution in [0.3, 0.4) is 0 Å². The molecule has 106 valence electrons. The van der Waals surface area contributed by atoms with E-state index in [0.29, 0.717) is 24.7 Å². The van der Waals surface area contributed by atoms with Crippen LogP contribution in [0.1, 0.15) is 25.6 Å². The van der Waals surface area contributed by atoms with Gasteiger partial charge in [0.1, 0.15) is 23.9 Å². The number of methoxy groups -OCH3 is 2. The fourth-order valence-electron chi connectivity index (χ4n) is 2.28. The summed E-state index contributed by atoms with van der Waals surface area (Å²) in [6.07, 6.45) is 0.0159. The van der Waals surface area contributed by atoms with Crippen LogP contribution in [0.25, 0.3) is 0 Å². The standard InChI is InChI=1S/C13H21N3O3/c1-8(2)13-14-11(5-12(17)15-13)16-6-9(18-3)10(7-16)19-4/h5,8-10H,6-7H2,1-4H3,(H,14,15,17). The van der Waals surface area contributed by atoms with E-state index in [1.165, 1.54) is 6.07 Å². The Hall–Kier alpha value is -1.40. The van der Waals surface area contributed by atoms with E-state index < -0.39 is 0 Å². The summed E-state index contributed by atoms with van der Waals surface area (Å²) in [6.45, 7) is 5.37. The molecule has 0 saturated carbocycles. The first-order chi connectivity index (χ1) is 9.05. The number of nitrogens with zero attached hydrogens (tertiary/aromatic N) is 2. The second-order valence-corrected chi connectivity index (χ2v) is 5.10. The Morgan fingerprint density at radius 1 is 1.32 bits per heavy atom. The number of anilines is 1. The molecule has 6 heteroatoms. The molecule has 0 aliphatic carbocycles. The second kappa shape index (κ2) is 5.71. The summed E-state index contributed by atoms with van der Waals surface area (Å²) in [5, 5.41) is 0. The lowest BCUT2D eigenvalue weighted by Gasteiger charge is -2.17. The third-order valence-corrected chi connectivity index (χ3v) is 3.44. The molecule has 0 amide bonds. The molecule has 2 atom stereocenters. The molecule has 2 unspecified atom stereocenters. The number of ether oxygens (including phenoxy) is 2. The zero-order chi connectivity index (χ0) is 14.0. The van der Waals surface area contributed by atoms with Gasteiger partial charge in [0.05, 0.1) is 0 Å². The molecule has 19 heavy (non-hydrogen) atoms. The van der Waals surface area contributed by atoms with Gasteiger partial charge in [-0.3, -0.25) is 4.79 Å². The Bertz CT molecular complexity index is 474. The van der Waals surface area contributed by atoms with Crippen molar-refractivity contribution < 1.29 is 9.47 Å². The van der Waals surface area contributed by atoms with E-state index >= 15 is 0 Å². The van der Waals surface area contributed by atoms with Crippen LogP contribution >= 0.6 is 0 Å². The highest BCUT2D eigenvalue weighted by Crippen LogP contribution is 2.21. The van der Waals surface area contributed by atoms with Gasteiger partial charge in [0.25, 0.3) is 5.56 Å². The number of aromatic amines is 1. The number of hydrogen-bond donors (Lipinski definition) is 1. The quantitative estimate of drug-likeness (QED) is 0.871. The van der Waals surface area contributed by atoms with E-state index in [1.807, 2.05) is 18.7 Å². The van der Waals surface area contributed by atoms with E-state index in [1.54, 1.807) is 14.2 Å². The van der Waals surface area contributed by atoms with Crippen LogP contribution < -0.4 is 10.5 Å². The number of H-pyrrole nitrogens is 1. The Morgan fingerprint density at radius 3 is 2.37 bits per heavy atom. The maximum Gasteiger partial charge on any atom is 0.252 e. The molecular weight excluding hydrogens is 246 g/mol. The van der Waals surface area contributed by atoms with Gasteiger partial charge < -0.3 is 19.4 Å². The molecule has 6 nitrogen and oxygen atoms in total. The van der Waals surface area contributed by atoms with E-state index in [9.17, 15) is 4.79 Å². The van der Waals surface area contributed by atoms with E-state index in [2.05, 4.69) is 9.97 Å². The van der Waals surface area contributed by atoms with Gasteiger partial charge in [-0.2, -0.15) is 0 Å². The average molecular weight is 267 g/mol. The van der Waals surface area contributed by atoms with Gasteiger partial charge in [0.2, 0.25) is 0 Å². The second-order valence-electron chi connectivity index (χ2n) is 5.10. The number of nitrogens with one attached hydrogen (secondary N) is 1. The minimum absolute atomic E-state index is 0.00795. The van der Waals surface area contributed by atoms with E-state index in [-0.39, 0.29) is 23.7 Å². The molecule has 0 radical (unpaired) electrons. The summed E-state index contributed by atoms with van der Waals surface area (Å²) in [7, 11) is 3.34. The molecule has 0 spiro atoms. The topological polar surface area (TPSA) is 67.5 Å². The van der Waals surface area contributed by atoms with Gasteiger partial charge in [0.15, 0.2) is 0 Å². The van der Waals surface area contributed by atoms with Crippen LogP contribution in [0.5, 0.6) is 0 Å². The molecule has 1 saturated heterocycles. The average Bonchev–Trinajstić information content (AvgIpc) is 2.81. The van der Waals surface area contributed by atoms with Gasteiger partial charge in [0, 0.05) is 39.3 Å². The van der Waals surface area contributed by atoms with Crippen LogP contribution in [-0.4, -0.2) is 49.5 Å². The molecule has 1 aromatic rings. The maximum absolute atomic E-state index is 11.7. The highest BCUT2D eigenvalue weighted by atomic mass is 16.5. The van der Waals surface area contributed by atoms with Crippen molar-refractivity contribution in [2.24, 2.45) is 0 Å². The lowest BCUT2D eigenvalue weighted by atomic mass is 10.2. The monoisotopic (exact) mass is 267 g/mol. The highest BCUT2D eigenvalue weighted by molar-refractivity contribution is 5.40. The molecular formula is C13H21N3O3. The third kappa shape index (κ3) is 2.96. The van der Waals surface area contributed by atoms with Crippen LogP contribution in [0.4, 0.5) is 5.82 Å². The first-order valence-corrected chi connectivity index (χ1v) is 6.47. The summed E-state index contributed by atoms with van der Waals surface area (Å²) in [5.41, 5.74) is -0.122. The van der Waals surface area contributed by atoms with Crippen molar-refractivity contribution in [3.8, 4) is 0 Å². The van der Waals surface area contributed by atoms with Crippen molar-refractivity contribution in [1.82, 2.24) is 9.97 Å². The SMILES string of the molecule is COC1CN(c2cc(=O)[nH]c(C(C)C)n2)CC1OC. The summed E-state index contributed by atoms with van der Waals surface area (Å²) in [5.74, 6) is 1.58. The summed E-state index contributed by atoms with van der Waals surface area (Å²) >= 11 is 0. The Balaban J connectivity index is 2.25. The van der Waals surface area contributed by atoms with Crippen molar-refractivity contribution >= 4 is 5.82 Å². The fourth-order valence-corrected chi connectivity index (χ4v) is 2.28. The minimum Gasteiger partial charge on any atom is -0.377 e. The van der Waals surface area contributed by atoms with E-state index in [0.717, 1.165) is 0 Å². The maximum atomic E-state index is 11.7. The van der Waals surface area contributed by atoms with Crippen molar-refractivity contribution in [3.63, 3.8) is 0 Å². The molecule has 1 aliphatic heterocycles. The zero-order valence-corrected chi connectivity index (χ0v) is 11.8. The van der Waals surface area contributed by atoms with E-state index in [4.69, 9.17) is 9.47 Å². The Kier molecular flexibility index (Phi) is 4.21. The smallest absolute Gasteiger partial charge is 0.252 e. The van der Waals surface area contributed by atoms with Crippen LogP contribution in [0.15, 0.2) is 10.9 Å². The first kappa shape index (κ1) is 14.0. The lowest BCUT2D eigenvalue weighted by molar-refractivity contribution is -0.00461. The highest BCUT2D eigenvalue weighted by Gasteiger charge is 2.33. The first-order valence-electron chi connectivity index (χ1n) is 6.47. The fraction of sp³-hybridized carbons (Fsp3) is 0.692. The molecule has 2 heterocycles. The predicted octanol–water partition coefficient (Wildman–Crippen LogP) is 0.743. The van der Waals surface area contributed by atoms with Gasteiger partial charge in [-0.25, -0.2) is 4.98 Å². The lowest BCUT2D eigenvalue weighted by Crippen LogP contribution is -2.27. The number of aromatic nitrogens is 2. The summed E-state index contributed by atoms with van der Waals surface area (Å²) < 4.78 is 10.8. The van der Waals surface area contributed by atoms with Gasteiger partial charge in [-0.1, -0.05) is 13.8 Å². The molecule has 1 aromatic heterocycles. The number of rotatable bonds is 4. The van der Waals surface area contributed by atoms with Crippen molar-refractivity contribution in [2.75, 3.05) is 32.2 Å². The molecule has 1 N–H and O–H groups in total. The Morgan fingerprint density at radius 2 is 1.89 bits per heavy atom. The van der Waals surface area contributed by atoms with Gasteiger partial charge in [-0.05, 0) is 0 Å². The van der Waals surface area contributed by atoms with Crippen molar-refractivity contribution in [2.45, 2.75) is 32.0 Å². The van der Waals surface area contributed by atoms with Gasteiger partial charge >= 0.3 is 0 Å². The summed E-state index contributed by atoms with van der Waals surface area (Å²) in [4.78, 5) is 21.0. The molecule has 1 fully saturated rings. The minimum atomic E-state index is -0.122. The van der Waals surface area contributed by atoms with Crippen LogP contribution in [0.2, 0.25) is 0 Å².